The number of hydrogen-bond donors (Lipinski definition) is 6. The van der Waals surface area contributed by atoms with Crippen LogP contribution >= 0.6 is 23.2 Å². The number of halogens is 2. The zero-order valence-corrected chi connectivity index (χ0v) is 38.6. The van der Waals surface area contributed by atoms with Crippen LogP contribution < -0.4 is 32.3 Å². The van der Waals surface area contributed by atoms with Gasteiger partial charge in [-0.05, 0) is 111 Å². The lowest BCUT2D eigenvalue weighted by Crippen LogP contribution is -2.50. The second-order valence-electron chi connectivity index (χ2n) is 17.9. The Morgan fingerprint density at radius 2 is 1.16 bits per heavy atom. The van der Waals surface area contributed by atoms with Gasteiger partial charge < -0.3 is 46.2 Å². The maximum absolute atomic E-state index is 12.4. The number of alkyl carbamates (subject to hydrolysis) is 1. The van der Waals surface area contributed by atoms with Gasteiger partial charge in [-0.3, -0.25) is 0 Å². The van der Waals surface area contributed by atoms with Gasteiger partial charge in [0.05, 0.1) is 18.7 Å². The number of fused-ring (bicyclic) bond motifs is 2. The first-order valence-electron chi connectivity index (χ1n) is 21.9. The molecule has 1 amide bonds. The largest absolute Gasteiger partial charge is 0.444 e. The smallest absolute Gasteiger partial charge is 0.407 e. The first kappa shape index (κ1) is 45.6. The van der Waals surface area contributed by atoms with Gasteiger partial charge >= 0.3 is 6.09 Å². The Kier molecular flexibility index (Phi) is 14.4. The Balaban J connectivity index is 0.000000193. The molecule has 4 aromatic heterocycles. The molecule has 2 aliphatic carbocycles. The van der Waals surface area contributed by atoms with Crippen molar-refractivity contribution in [1.29, 1.82) is 0 Å². The van der Waals surface area contributed by atoms with E-state index in [2.05, 4.69) is 64.2 Å². The molecular weight excluding hydrogens is 839 g/mol. The topological polar surface area (TPSA) is 200 Å². The summed E-state index contributed by atoms with van der Waals surface area (Å²) in [5, 5.41) is 18.0. The lowest BCUT2D eigenvalue weighted by molar-refractivity contribution is 0.0488. The molecule has 0 spiro atoms. The number of imidazole rings is 2. The van der Waals surface area contributed by atoms with Gasteiger partial charge in [0, 0.05) is 51.6 Å². The van der Waals surface area contributed by atoms with Crippen molar-refractivity contribution in [2.45, 2.75) is 142 Å². The predicted octanol–water partition coefficient (Wildman–Crippen LogP) is 10.5. The van der Waals surface area contributed by atoms with Gasteiger partial charge in [0.15, 0.2) is 34.0 Å². The molecule has 6 aromatic rings. The average molecular weight is 900 g/mol. The number of amides is 1. The van der Waals surface area contributed by atoms with E-state index in [0.717, 1.165) is 66.7 Å². The maximum Gasteiger partial charge on any atom is 0.407 e. The van der Waals surface area contributed by atoms with Gasteiger partial charge in [0.1, 0.15) is 5.60 Å². The van der Waals surface area contributed by atoms with E-state index in [1.54, 1.807) is 6.33 Å². The van der Waals surface area contributed by atoms with Gasteiger partial charge in [-0.2, -0.15) is 19.9 Å². The fraction of sp³-hybridized carbons (Fsp3) is 0.489. The van der Waals surface area contributed by atoms with Crippen LogP contribution in [0.25, 0.3) is 22.3 Å². The normalized spacial score (nSPS) is 19.1. The van der Waals surface area contributed by atoms with E-state index in [9.17, 15) is 4.79 Å². The van der Waals surface area contributed by atoms with E-state index in [-0.39, 0.29) is 36.3 Å². The minimum atomic E-state index is -0.550. The van der Waals surface area contributed by atoms with Crippen LogP contribution in [0.3, 0.4) is 0 Å². The summed E-state index contributed by atoms with van der Waals surface area (Å²) in [5.74, 6) is 2.29. The standard InChI is InChI=1S/C25H34ClN7O2.C20H26ClN7/c1-15(2)33-14-27-20-21(28-17-10-8-9-16(26)13-17)31-23(32-22(20)33)29-18-11-6-7-12-19(18)30-24(34)35-25(3,4)5;1-12(2)28-11-23-17-18(24-14-7-5-6-13(21)10-14)26-20(27-19(17)28)25-16-9-4-3-8-15(16)22/h8-10,13-15,18-19H,6-7,11-12H2,1-5H3,(H,30,34)(H2,28,29,31,32);5-7,10-12,15-16H,3-4,8-9,22H2,1-2H3,(H2,24,25,26,27). The van der Waals surface area contributed by atoms with Crippen LogP contribution in [0.15, 0.2) is 61.2 Å². The van der Waals surface area contributed by atoms with Crippen molar-refractivity contribution in [3.63, 3.8) is 0 Å². The molecule has 2 fully saturated rings. The number of carbonyl (C=O) groups excluding carboxylic acids is 1. The fourth-order valence-corrected chi connectivity index (χ4v) is 8.28. The van der Waals surface area contributed by atoms with E-state index in [1.165, 1.54) is 12.8 Å². The highest BCUT2D eigenvalue weighted by atomic mass is 35.5. The molecule has 2 saturated carbocycles. The van der Waals surface area contributed by atoms with Gasteiger partial charge in [0.25, 0.3) is 0 Å². The summed E-state index contributed by atoms with van der Waals surface area (Å²) >= 11 is 12.3. The number of nitrogens with two attached hydrogens (primary N) is 1. The molecule has 2 aliphatic rings. The molecule has 2 aromatic carbocycles. The molecule has 0 aliphatic heterocycles. The van der Waals surface area contributed by atoms with E-state index >= 15 is 0 Å². The Hall–Kier alpha value is -5.45. The van der Waals surface area contributed by atoms with Crippen molar-refractivity contribution in [2.24, 2.45) is 5.73 Å². The second kappa shape index (κ2) is 19.9. The number of carbonyl (C=O) groups is 1. The molecule has 0 bridgehead atoms. The zero-order chi connectivity index (χ0) is 44.8. The number of nitrogens with zero attached hydrogens (tertiary/aromatic N) is 8. The quantitative estimate of drug-likeness (QED) is 0.0718. The maximum atomic E-state index is 12.4. The van der Waals surface area contributed by atoms with Crippen LogP contribution in [0.2, 0.25) is 10.0 Å². The van der Waals surface area contributed by atoms with Crippen LogP contribution in [-0.2, 0) is 4.74 Å². The van der Waals surface area contributed by atoms with Crippen molar-refractivity contribution in [3.8, 4) is 0 Å². The van der Waals surface area contributed by atoms with Crippen molar-refractivity contribution in [2.75, 3.05) is 21.3 Å². The minimum Gasteiger partial charge on any atom is -0.444 e. The van der Waals surface area contributed by atoms with Gasteiger partial charge in [-0.15, -0.1) is 0 Å². The average Bonchev–Trinajstić information content (AvgIpc) is 3.85. The van der Waals surface area contributed by atoms with Crippen LogP contribution in [0.5, 0.6) is 0 Å². The fourth-order valence-electron chi connectivity index (χ4n) is 7.90. The first-order chi connectivity index (χ1) is 30.1. The Morgan fingerprint density at radius 3 is 1.62 bits per heavy atom. The number of rotatable bonds is 11. The van der Waals surface area contributed by atoms with Gasteiger partial charge in [0.2, 0.25) is 11.9 Å². The van der Waals surface area contributed by atoms with E-state index in [1.807, 2.05) is 84.8 Å². The molecule has 0 saturated heterocycles. The molecule has 7 N–H and O–H groups in total. The van der Waals surface area contributed by atoms with Crippen LogP contribution in [-0.4, -0.2) is 74.9 Å². The monoisotopic (exact) mass is 898 g/mol. The number of anilines is 6. The summed E-state index contributed by atoms with van der Waals surface area (Å²) in [7, 11) is 0. The van der Waals surface area contributed by atoms with Crippen LogP contribution in [0.4, 0.5) is 39.7 Å². The van der Waals surface area contributed by atoms with E-state index in [0.29, 0.717) is 39.1 Å². The van der Waals surface area contributed by atoms with Crippen molar-refractivity contribution < 1.29 is 9.53 Å². The minimum absolute atomic E-state index is 0.0249. The van der Waals surface area contributed by atoms with Gasteiger partial charge in [-0.25, -0.2) is 14.8 Å². The SMILES string of the molecule is CC(C)n1cnc2c(Nc3cccc(Cl)c3)nc(NC3CCCCC3N)nc21.CC(C)n1cnc2c(Nc3cccc(Cl)c3)nc(NC3CCCCC3NC(=O)OC(C)(C)C)nc21. The molecule has 63 heavy (non-hydrogen) atoms. The zero-order valence-electron chi connectivity index (χ0n) is 37.1. The Morgan fingerprint density at radius 1 is 0.698 bits per heavy atom. The molecule has 8 rings (SSSR count). The third-order valence-corrected chi connectivity index (χ3v) is 11.5. The summed E-state index contributed by atoms with van der Waals surface area (Å²) in [4.78, 5) is 40.6. The molecule has 4 heterocycles. The molecule has 4 unspecified atom stereocenters. The molecule has 336 valence electrons. The van der Waals surface area contributed by atoms with Crippen LogP contribution in [0.1, 0.15) is 112 Å². The summed E-state index contributed by atoms with van der Waals surface area (Å²) in [6.45, 7) is 14.0. The van der Waals surface area contributed by atoms with Crippen molar-refractivity contribution in [3.05, 3.63) is 71.2 Å². The summed E-state index contributed by atoms with van der Waals surface area (Å²) in [5.41, 5.74) is 10.4. The highest BCUT2D eigenvalue weighted by Crippen LogP contribution is 2.31. The van der Waals surface area contributed by atoms with E-state index < -0.39 is 11.7 Å². The summed E-state index contributed by atoms with van der Waals surface area (Å²) in [6.07, 6.45) is 11.4. The highest BCUT2D eigenvalue weighted by Gasteiger charge is 2.30. The number of nitrogens with one attached hydrogen (secondary N) is 5. The Bertz CT molecular complexity index is 2500. The lowest BCUT2D eigenvalue weighted by Gasteiger charge is -2.33. The predicted molar refractivity (Wildman–Crippen MR) is 254 cm³/mol. The van der Waals surface area contributed by atoms with Crippen LogP contribution in [0, 0.1) is 0 Å². The number of ether oxygens (including phenoxy) is 1. The van der Waals surface area contributed by atoms with Crippen molar-refractivity contribution in [1.82, 2.24) is 44.4 Å². The lowest BCUT2D eigenvalue weighted by atomic mass is 9.90. The molecule has 4 atom stereocenters. The third-order valence-electron chi connectivity index (χ3n) is 11.0. The summed E-state index contributed by atoms with van der Waals surface area (Å²) < 4.78 is 9.55. The molecular formula is C45H60Cl2N14O2. The first-order valence-corrected chi connectivity index (χ1v) is 22.7. The molecule has 16 nitrogen and oxygen atoms in total. The molecule has 18 heteroatoms. The second-order valence-corrected chi connectivity index (χ2v) is 18.8. The number of benzene rings is 2. The third kappa shape index (κ3) is 11.8. The van der Waals surface area contributed by atoms with Gasteiger partial charge in [-0.1, -0.05) is 61.0 Å². The Labute approximate surface area is 378 Å². The number of hydrogen-bond acceptors (Lipinski definition) is 13. The molecule has 0 radical (unpaired) electrons. The highest BCUT2D eigenvalue weighted by molar-refractivity contribution is 6.31. The summed E-state index contributed by atoms with van der Waals surface area (Å²) in [6, 6.07) is 15.6. The van der Waals surface area contributed by atoms with Crippen molar-refractivity contribution >= 4 is 86.5 Å². The number of aromatic nitrogens is 8. The van der Waals surface area contributed by atoms with E-state index in [4.69, 9.17) is 53.6 Å².